The second kappa shape index (κ2) is 5.99. The van der Waals surface area contributed by atoms with Crippen molar-refractivity contribution >= 4 is 17.6 Å². The van der Waals surface area contributed by atoms with Crippen LogP contribution in [0.1, 0.15) is 49.7 Å². The number of carbonyl (C=O) groups is 2. The lowest BCUT2D eigenvalue weighted by Gasteiger charge is -2.18. The molecule has 1 saturated carbocycles. The zero-order valence-corrected chi connectivity index (χ0v) is 13.4. The van der Waals surface area contributed by atoms with Crippen molar-refractivity contribution in [3.63, 3.8) is 0 Å². The Hall–Kier alpha value is -1.84. The number of rotatable bonds is 3. The van der Waals surface area contributed by atoms with E-state index in [1.165, 1.54) is 17.5 Å². The largest absolute Gasteiger partial charge is 0.462 e. The molecule has 1 heterocycles. The van der Waals surface area contributed by atoms with Crippen LogP contribution in [0.4, 0.5) is 5.69 Å². The van der Waals surface area contributed by atoms with Gasteiger partial charge in [0.25, 0.3) is 0 Å². The van der Waals surface area contributed by atoms with Crippen LogP contribution in [0.15, 0.2) is 18.2 Å². The molecule has 3 aliphatic rings. The molecule has 1 amide bonds. The normalized spacial score (nSPS) is 24.3. The molecule has 0 radical (unpaired) electrons. The number of aryl methyl sites for hydroxylation is 2. The SMILES string of the molecule is O=C(OC1CCCC1)[C@H]1CC(=O)N(c2ccc3c(c2)CCC3)C1. The van der Waals surface area contributed by atoms with Crippen LogP contribution >= 0.6 is 0 Å². The smallest absolute Gasteiger partial charge is 0.311 e. The molecule has 1 saturated heterocycles. The van der Waals surface area contributed by atoms with Crippen molar-refractivity contribution < 1.29 is 14.3 Å². The number of fused-ring (bicyclic) bond motifs is 1. The Morgan fingerprint density at radius 1 is 1.09 bits per heavy atom. The molecule has 1 aromatic carbocycles. The van der Waals surface area contributed by atoms with Crippen LogP contribution in [0, 0.1) is 5.92 Å². The third-order valence-corrected chi connectivity index (χ3v) is 5.44. The summed E-state index contributed by atoms with van der Waals surface area (Å²) in [5, 5.41) is 0. The molecule has 2 fully saturated rings. The van der Waals surface area contributed by atoms with Gasteiger partial charge < -0.3 is 9.64 Å². The second-order valence-corrected chi connectivity index (χ2v) is 7.06. The molecule has 2 aliphatic carbocycles. The number of ether oxygens (including phenoxy) is 1. The van der Waals surface area contributed by atoms with Gasteiger partial charge in [-0.3, -0.25) is 9.59 Å². The van der Waals surface area contributed by atoms with Crippen molar-refractivity contribution in [1.82, 2.24) is 0 Å². The number of amides is 1. The fraction of sp³-hybridized carbons (Fsp3) is 0.579. The fourth-order valence-corrected chi connectivity index (χ4v) is 4.11. The van der Waals surface area contributed by atoms with E-state index < -0.39 is 0 Å². The highest BCUT2D eigenvalue weighted by Crippen LogP contribution is 2.31. The summed E-state index contributed by atoms with van der Waals surface area (Å²) in [5.41, 5.74) is 3.69. The Kier molecular flexibility index (Phi) is 3.83. The number of hydrogen-bond acceptors (Lipinski definition) is 3. The van der Waals surface area contributed by atoms with Crippen molar-refractivity contribution in [2.75, 3.05) is 11.4 Å². The Morgan fingerprint density at radius 3 is 2.70 bits per heavy atom. The van der Waals surface area contributed by atoms with E-state index in [4.69, 9.17) is 4.74 Å². The first kappa shape index (κ1) is 14.7. The minimum atomic E-state index is -0.309. The Labute approximate surface area is 136 Å². The maximum absolute atomic E-state index is 12.3. The lowest BCUT2D eigenvalue weighted by Crippen LogP contribution is -2.27. The summed E-state index contributed by atoms with van der Waals surface area (Å²) in [6, 6.07) is 6.28. The quantitative estimate of drug-likeness (QED) is 0.806. The van der Waals surface area contributed by atoms with Crippen LogP contribution in [0.3, 0.4) is 0 Å². The predicted molar refractivity (Wildman–Crippen MR) is 87.3 cm³/mol. The van der Waals surface area contributed by atoms with Gasteiger partial charge in [0.2, 0.25) is 5.91 Å². The maximum Gasteiger partial charge on any atom is 0.311 e. The van der Waals surface area contributed by atoms with Gasteiger partial charge in [-0.1, -0.05) is 6.07 Å². The first-order valence-electron chi connectivity index (χ1n) is 8.83. The van der Waals surface area contributed by atoms with Gasteiger partial charge in [0, 0.05) is 18.7 Å². The topological polar surface area (TPSA) is 46.6 Å². The van der Waals surface area contributed by atoms with Crippen molar-refractivity contribution in [2.45, 2.75) is 57.5 Å². The van der Waals surface area contributed by atoms with E-state index in [2.05, 4.69) is 12.1 Å². The molecular formula is C19H23NO3. The summed E-state index contributed by atoms with van der Waals surface area (Å²) < 4.78 is 5.58. The van der Waals surface area contributed by atoms with Gasteiger partial charge in [-0.15, -0.1) is 0 Å². The molecule has 4 nitrogen and oxygen atoms in total. The summed E-state index contributed by atoms with van der Waals surface area (Å²) in [4.78, 5) is 26.4. The number of nitrogens with zero attached hydrogens (tertiary/aromatic N) is 1. The minimum absolute atomic E-state index is 0.0383. The van der Waals surface area contributed by atoms with E-state index in [-0.39, 0.29) is 30.3 Å². The molecule has 23 heavy (non-hydrogen) atoms. The molecule has 4 rings (SSSR count). The van der Waals surface area contributed by atoms with Crippen molar-refractivity contribution in [2.24, 2.45) is 5.92 Å². The number of benzene rings is 1. The average molecular weight is 313 g/mol. The van der Waals surface area contributed by atoms with Gasteiger partial charge in [0.15, 0.2) is 0 Å². The molecular weight excluding hydrogens is 290 g/mol. The third kappa shape index (κ3) is 2.87. The molecule has 0 bridgehead atoms. The van der Waals surface area contributed by atoms with Crippen molar-refractivity contribution in [3.05, 3.63) is 29.3 Å². The molecule has 1 atom stereocenters. The number of anilines is 1. The van der Waals surface area contributed by atoms with Crippen LogP contribution in [-0.4, -0.2) is 24.5 Å². The molecule has 122 valence electrons. The Morgan fingerprint density at radius 2 is 1.87 bits per heavy atom. The summed E-state index contributed by atoms with van der Waals surface area (Å²) in [6.07, 6.45) is 8.02. The van der Waals surface area contributed by atoms with Gasteiger partial charge in [-0.05, 0) is 68.2 Å². The molecule has 1 aromatic rings. The average Bonchev–Trinajstić information content (AvgIpc) is 3.26. The Bertz CT molecular complexity index is 634. The van der Waals surface area contributed by atoms with E-state index in [0.717, 1.165) is 44.2 Å². The van der Waals surface area contributed by atoms with E-state index in [0.29, 0.717) is 6.54 Å². The highest BCUT2D eigenvalue weighted by molar-refractivity contribution is 5.99. The Balaban J connectivity index is 1.44. The van der Waals surface area contributed by atoms with E-state index in [1.54, 1.807) is 4.90 Å². The van der Waals surface area contributed by atoms with Gasteiger partial charge in [-0.2, -0.15) is 0 Å². The van der Waals surface area contributed by atoms with Gasteiger partial charge in [0.05, 0.1) is 5.92 Å². The third-order valence-electron chi connectivity index (χ3n) is 5.44. The van der Waals surface area contributed by atoms with E-state index in [9.17, 15) is 9.59 Å². The molecule has 0 spiro atoms. The van der Waals surface area contributed by atoms with Crippen molar-refractivity contribution in [3.8, 4) is 0 Å². The highest BCUT2D eigenvalue weighted by atomic mass is 16.5. The van der Waals surface area contributed by atoms with E-state index >= 15 is 0 Å². The molecule has 0 aromatic heterocycles. The number of esters is 1. The second-order valence-electron chi connectivity index (χ2n) is 7.06. The maximum atomic E-state index is 12.3. The number of hydrogen-bond donors (Lipinski definition) is 0. The summed E-state index contributed by atoms with van der Waals surface area (Å²) in [5.74, 6) is -0.457. The molecule has 0 N–H and O–H groups in total. The van der Waals surface area contributed by atoms with Crippen LogP contribution < -0.4 is 4.90 Å². The highest BCUT2D eigenvalue weighted by Gasteiger charge is 2.37. The van der Waals surface area contributed by atoms with Crippen LogP contribution in [0.2, 0.25) is 0 Å². The van der Waals surface area contributed by atoms with E-state index in [1.807, 2.05) is 6.07 Å². The minimum Gasteiger partial charge on any atom is -0.462 e. The van der Waals surface area contributed by atoms with Crippen LogP contribution in [0.5, 0.6) is 0 Å². The predicted octanol–water partition coefficient (Wildman–Crippen LogP) is 3.01. The zero-order valence-electron chi connectivity index (χ0n) is 13.4. The lowest BCUT2D eigenvalue weighted by molar-refractivity contribution is -0.153. The van der Waals surface area contributed by atoms with Gasteiger partial charge >= 0.3 is 5.97 Å². The van der Waals surface area contributed by atoms with Gasteiger partial charge in [-0.25, -0.2) is 0 Å². The first-order valence-corrected chi connectivity index (χ1v) is 8.83. The first-order chi connectivity index (χ1) is 11.2. The van der Waals surface area contributed by atoms with Crippen molar-refractivity contribution in [1.29, 1.82) is 0 Å². The number of carbonyl (C=O) groups excluding carboxylic acids is 2. The zero-order chi connectivity index (χ0) is 15.8. The molecule has 1 aliphatic heterocycles. The molecule has 0 unspecified atom stereocenters. The van der Waals surface area contributed by atoms with Crippen LogP contribution in [-0.2, 0) is 27.2 Å². The fourth-order valence-electron chi connectivity index (χ4n) is 4.11. The summed E-state index contributed by atoms with van der Waals surface area (Å²) >= 11 is 0. The standard InChI is InChI=1S/C19H23NO3/c21-18-11-15(19(22)23-17-6-1-2-7-17)12-20(18)16-9-8-13-4-3-5-14(13)10-16/h8-10,15,17H,1-7,11-12H2/t15-/m0/s1. The summed E-state index contributed by atoms with van der Waals surface area (Å²) in [7, 11) is 0. The summed E-state index contributed by atoms with van der Waals surface area (Å²) in [6.45, 7) is 0.461. The lowest BCUT2D eigenvalue weighted by atomic mass is 10.1. The molecule has 4 heteroatoms. The monoisotopic (exact) mass is 313 g/mol. The van der Waals surface area contributed by atoms with Crippen LogP contribution in [0.25, 0.3) is 0 Å². The van der Waals surface area contributed by atoms with Gasteiger partial charge in [0.1, 0.15) is 6.10 Å².